The molecule has 0 fully saturated rings. The summed E-state index contributed by atoms with van der Waals surface area (Å²) in [6.07, 6.45) is 0. The monoisotopic (exact) mass is 247 g/mol. The Kier molecular flexibility index (Phi) is 3.18. The van der Waals surface area contributed by atoms with Gasteiger partial charge in [0.25, 0.3) is 5.56 Å². The second-order valence-corrected chi connectivity index (χ2v) is 3.61. The van der Waals surface area contributed by atoms with E-state index in [0.29, 0.717) is 22.6 Å². The number of rotatable bonds is 3. The van der Waals surface area contributed by atoms with Gasteiger partial charge in [0.1, 0.15) is 5.82 Å². The molecule has 1 heterocycles. The van der Waals surface area contributed by atoms with E-state index < -0.39 is 0 Å². The summed E-state index contributed by atoms with van der Waals surface area (Å²) in [7, 11) is 3.08. The molecule has 18 heavy (non-hydrogen) atoms. The van der Waals surface area contributed by atoms with E-state index >= 15 is 0 Å². The van der Waals surface area contributed by atoms with Crippen LogP contribution in [0.15, 0.2) is 29.1 Å². The summed E-state index contributed by atoms with van der Waals surface area (Å²) >= 11 is 0. The number of nitrogens with two attached hydrogens (primary N) is 1. The number of aromatic amines is 1. The van der Waals surface area contributed by atoms with Crippen molar-refractivity contribution < 1.29 is 9.47 Å². The number of nitrogens with one attached hydrogen (secondary N) is 1. The van der Waals surface area contributed by atoms with Gasteiger partial charge in [-0.1, -0.05) is 6.07 Å². The van der Waals surface area contributed by atoms with Gasteiger partial charge >= 0.3 is 0 Å². The predicted molar refractivity (Wildman–Crippen MR) is 67.8 cm³/mol. The number of benzene rings is 1. The molecule has 2 rings (SSSR count). The van der Waals surface area contributed by atoms with Crippen LogP contribution in [0.3, 0.4) is 0 Å². The maximum absolute atomic E-state index is 11.7. The number of nitrogen functional groups attached to an aromatic ring is 1. The third-order valence-corrected chi connectivity index (χ3v) is 2.52. The molecule has 2 aromatic rings. The van der Waals surface area contributed by atoms with Crippen LogP contribution in [0.5, 0.6) is 11.5 Å². The van der Waals surface area contributed by atoms with E-state index in [1.54, 1.807) is 25.3 Å². The van der Waals surface area contributed by atoms with Crippen LogP contribution in [0.2, 0.25) is 0 Å². The van der Waals surface area contributed by atoms with Crippen LogP contribution in [-0.4, -0.2) is 24.4 Å². The highest BCUT2D eigenvalue weighted by molar-refractivity contribution is 5.68. The molecule has 0 spiro atoms. The van der Waals surface area contributed by atoms with Gasteiger partial charge in [0.05, 0.1) is 19.8 Å². The quantitative estimate of drug-likeness (QED) is 0.845. The van der Waals surface area contributed by atoms with Crippen molar-refractivity contribution in [2.75, 3.05) is 20.0 Å². The molecular formula is C12H13N3O3. The summed E-state index contributed by atoms with van der Waals surface area (Å²) in [5, 5.41) is 5.96. The predicted octanol–water partition coefficient (Wildman–Crippen LogP) is 1.04. The standard InChI is InChI=1S/C12H13N3O3/c1-17-9-4-3-7(5-10(9)18-2)8-6-11(13)14-15-12(8)16/h3-6H,1-2H3,(H2,13,14)(H,15,16). The highest BCUT2D eigenvalue weighted by atomic mass is 16.5. The van der Waals surface area contributed by atoms with Crippen LogP contribution < -0.4 is 20.8 Å². The summed E-state index contributed by atoms with van der Waals surface area (Å²) in [5.41, 5.74) is 6.36. The fourth-order valence-electron chi connectivity index (χ4n) is 1.64. The molecule has 6 nitrogen and oxygen atoms in total. The second-order valence-electron chi connectivity index (χ2n) is 3.61. The molecule has 0 amide bonds. The Bertz CT molecular complexity index is 622. The first-order valence-corrected chi connectivity index (χ1v) is 5.23. The van der Waals surface area contributed by atoms with Crippen LogP contribution in [0, 0.1) is 0 Å². The lowest BCUT2D eigenvalue weighted by molar-refractivity contribution is 0.355. The van der Waals surface area contributed by atoms with E-state index in [9.17, 15) is 4.79 Å². The zero-order valence-electron chi connectivity index (χ0n) is 10.1. The number of nitrogens with zero attached hydrogens (tertiary/aromatic N) is 1. The normalized spacial score (nSPS) is 10.1. The van der Waals surface area contributed by atoms with E-state index in [0.717, 1.165) is 0 Å². The van der Waals surface area contributed by atoms with Crippen LogP contribution in [0.4, 0.5) is 5.82 Å². The Morgan fingerprint density at radius 3 is 2.56 bits per heavy atom. The molecule has 1 aromatic heterocycles. The third kappa shape index (κ3) is 2.13. The van der Waals surface area contributed by atoms with Crippen molar-refractivity contribution >= 4 is 5.82 Å². The summed E-state index contributed by atoms with van der Waals surface area (Å²) in [6, 6.07) is 6.71. The molecule has 0 aliphatic carbocycles. The summed E-state index contributed by atoms with van der Waals surface area (Å²) < 4.78 is 10.3. The van der Waals surface area contributed by atoms with E-state index in [-0.39, 0.29) is 11.4 Å². The minimum absolute atomic E-state index is 0.249. The number of anilines is 1. The summed E-state index contributed by atoms with van der Waals surface area (Å²) in [6.45, 7) is 0. The summed E-state index contributed by atoms with van der Waals surface area (Å²) in [5.74, 6) is 1.39. The number of methoxy groups -OCH3 is 2. The van der Waals surface area contributed by atoms with Crippen LogP contribution in [0.25, 0.3) is 11.1 Å². The third-order valence-electron chi connectivity index (χ3n) is 2.52. The molecule has 0 aliphatic rings. The van der Waals surface area contributed by atoms with E-state index in [4.69, 9.17) is 15.2 Å². The van der Waals surface area contributed by atoms with Gasteiger partial charge in [-0.05, 0) is 23.8 Å². The Morgan fingerprint density at radius 2 is 1.89 bits per heavy atom. The van der Waals surface area contributed by atoms with Crippen molar-refractivity contribution in [1.82, 2.24) is 10.2 Å². The Labute approximate surface area is 103 Å². The first-order valence-electron chi connectivity index (χ1n) is 5.23. The fourth-order valence-corrected chi connectivity index (χ4v) is 1.64. The Hall–Kier alpha value is -2.50. The van der Waals surface area contributed by atoms with Gasteiger partial charge in [0, 0.05) is 0 Å². The highest BCUT2D eigenvalue weighted by Crippen LogP contribution is 2.31. The molecule has 0 saturated carbocycles. The Morgan fingerprint density at radius 1 is 1.17 bits per heavy atom. The lowest BCUT2D eigenvalue weighted by Crippen LogP contribution is -2.12. The minimum atomic E-state index is -0.309. The van der Waals surface area contributed by atoms with Crippen molar-refractivity contribution in [3.8, 4) is 22.6 Å². The molecule has 0 saturated heterocycles. The van der Waals surface area contributed by atoms with Crippen LogP contribution in [0.1, 0.15) is 0 Å². The van der Waals surface area contributed by atoms with Crippen molar-refractivity contribution in [2.45, 2.75) is 0 Å². The second kappa shape index (κ2) is 4.79. The molecule has 3 N–H and O–H groups in total. The average molecular weight is 247 g/mol. The zero-order valence-corrected chi connectivity index (χ0v) is 10.1. The van der Waals surface area contributed by atoms with Gasteiger partial charge < -0.3 is 15.2 Å². The van der Waals surface area contributed by atoms with Gasteiger partial charge in [0.15, 0.2) is 11.5 Å². The number of hydrogen-bond acceptors (Lipinski definition) is 5. The summed E-state index contributed by atoms with van der Waals surface area (Å²) in [4.78, 5) is 11.7. The van der Waals surface area contributed by atoms with Crippen LogP contribution >= 0.6 is 0 Å². The molecule has 0 radical (unpaired) electrons. The van der Waals surface area contributed by atoms with Gasteiger partial charge in [-0.15, -0.1) is 0 Å². The number of aromatic nitrogens is 2. The largest absolute Gasteiger partial charge is 0.493 e. The molecule has 0 atom stereocenters. The molecule has 0 unspecified atom stereocenters. The first kappa shape index (κ1) is 12.0. The number of hydrogen-bond donors (Lipinski definition) is 2. The minimum Gasteiger partial charge on any atom is -0.493 e. The zero-order chi connectivity index (χ0) is 13.1. The van der Waals surface area contributed by atoms with Crippen molar-refractivity contribution in [3.05, 3.63) is 34.6 Å². The van der Waals surface area contributed by atoms with E-state index in [1.807, 2.05) is 0 Å². The molecule has 94 valence electrons. The molecule has 0 bridgehead atoms. The van der Waals surface area contributed by atoms with Gasteiger partial charge in [-0.25, -0.2) is 5.10 Å². The Balaban J connectivity index is 2.57. The molecule has 6 heteroatoms. The van der Waals surface area contributed by atoms with Crippen molar-refractivity contribution in [2.24, 2.45) is 0 Å². The molecule has 0 aliphatic heterocycles. The molecule has 1 aromatic carbocycles. The maximum atomic E-state index is 11.7. The van der Waals surface area contributed by atoms with Gasteiger partial charge in [-0.2, -0.15) is 5.10 Å². The number of ether oxygens (including phenoxy) is 2. The van der Waals surface area contributed by atoms with E-state index in [1.165, 1.54) is 13.2 Å². The SMILES string of the molecule is COc1ccc(-c2cc(N)n[nH]c2=O)cc1OC. The lowest BCUT2D eigenvalue weighted by atomic mass is 10.1. The van der Waals surface area contributed by atoms with Gasteiger partial charge in [0.2, 0.25) is 0 Å². The van der Waals surface area contributed by atoms with Crippen molar-refractivity contribution in [1.29, 1.82) is 0 Å². The number of H-pyrrole nitrogens is 1. The fraction of sp³-hybridized carbons (Fsp3) is 0.167. The van der Waals surface area contributed by atoms with Gasteiger partial charge in [-0.3, -0.25) is 4.79 Å². The van der Waals surface area contributed by atoms with Crippen molar-refractivity contribution in [3.63, 3.8) is 0 Å². The first-order chi connectivity index (χ1) is 8.65. The van der Waals surface area contributed by atoms with E-state index in [2.05, 4.69) is 10.2 Å². The average Bonchev–Trinajstić information content (AvgIpc) is 2.40. The lowest BCUT2D eigenvalue weighted by Gasteiger charge is -2.09. The smallest absolute Gasteiger partial charge is 0.272 e. The molecular weight excluding hydrogens is 234 g/mol. The highest BCUT2D eigenvalue weighted by Gasteiger charge is 2.09. The van der Waals surface area contributed by atoms with Crippen LogP contribution in [-0.2, 0) is 0 Å². The topological polar surface area (TPSA) is 90.2 Å². The maximum Gasteiger partial charge on any atom is 0.272 e.